The molecule has 1 heterocycles. The number of nitrogens with zero attached hydrogens (tertiary/aromatic N) is 2. The van der Waals surface area contributed by atoms with Gasteiger partial charge in [0.15, 0.2) is 0 Å². The highest BCUT2D eigenvalue weighted by molar-refractivity contribution is 9.10. The molecule has 18 heavy (non-hydrogen) atoms. The van der Waals surface area contributed by atoms with Crippen LogP contribution in [-0.2, 0) is 0 Å². The first kappa shape index (κ1) is 12.8. The Bertz CT molecular complexity index is 569. The Labute approximate surface area is 115 Å². The predicted molar refractivity (Wildman–Crippen MR) is 78.5 cm³/mol. The van der Waals surface area contributed by atoms with Crippen LogP contribution in [0.4, 0.5) is 17.5 Å². The normalized spacial score (nSPS) is 10.2. The molecule has 2 N–H and O–H groups in total. The minimum Gasteiger partial charge on any atom is -0.357 e. The summed E-state index contributed by atoms with van der Waals surface area (Å²) in [5.41, 5.74) is 3.11. The lowest BCUT2D eigenvalue weighted by Gasteiger charge is -2.09. The van der Waals surface area contributed by atoms with Crippen molar-refractivity contribution < 1.29 is 0 Å². The molecule has 1 aromatic carbocycles. The van der Waals surface area contributed by atoms with Crippen LogP contribution in [0.25, 0.3) is 0 Å². The smallest absolute Gasteiger partial charge is 0.224 e. The standard InChI is InChI=1S/C13H15BrN4/c1-8-6-10(4-5-11(8)14)17-12-7-9(2)16-13(15-3)18-12/h4-7H,1-3H3,(H2,15,16,17,18). The maximum absolute atomic E-state index is 4.35. The predicted octanol–water partition coefficient (Wildman–Crippen LogP) is 3.64. The molecule has 2 aromatic rings. The maximum Gasteiger partial charge on any atom is 0.224 e. The van der Waals surface area contributed by atoms with Crippen LogP contribution in [0.3, 0.4) is 0 Å². The van der Waals surface area contributed by atoms with Gasteiger partial charge >= 0.3 is 0 Å². The molecule has 1 aromatic heterocycles. The molecular formula is C13H15BrN4. The summed E-state index contributed by atoms with van der Waals surface area (Å²) < 4.78 is 1.10. The Morgan fingerprint density at radius 1 is 1.11 bits per heavy atom. The van der Waals surface area contributed by atoms with Crippen molar-refractivity contribution in [1.82, 2.24) is 9.97 Å². The van der Waals surface area contributed by atoms with Gasteiger partial charge in [-0.3, -0.25) is 0 Å². The van der Waals surface area contributed by atoms with Gasteiger partial charge in [-0.05, 0) is 37.6 Å². The average Bonchev–Trinajstić information content (AvgIpc) is 2.33. The summed E-state index contributed by atoms with van der Waals surface area (Å²) in [7, 11) is 1.81. The summed E-state index contributed by atoms with van der Waals surface area (Å²) in [6.45, 7) is 4.00. The molecule has 94 valence electrons. The fraction of sp³-hybridized carbons (Fsp3) is 0.231. The lowest BCUT2D eigenvalue weighted by atomic mass is 10.2. The van der Waals surface area contributed by atoms with Crippen molar-refractivity contribution in [2.75, 3.05) is 17.7 Å². The SMILES string of the molecule is CNc1nc(C)cc(Nc2ccc(Br)c(C)c2)n1. The average molecular weight is 307 g/mol. The highest BCUT2D eigenvalue weighted by Crippen LogP contribution is 2.22. The molecule has 0 unspecified atom stereocenters. The molecule has 4 nitrogen and oxygen atoms in total. The van der Waals surface area contributed by atoms with E-state index in [9.17, 15) is 0 Å². The number of hydrogen-bond acceptors (Lipinski definition) is 4. The summed E-state index contributed by atoms with van der Waals surface area (Å²) in [5.74, 6) is 1.40. The second-order valence-corrected chi connectivity index (χ2v) is 4.91. The van der Waals surface area contributed by atoms with Crippen molar-refractivity contribution >= 4 is 33.4 Å². The summed E-state index contributed by atoms with van der Waals surface area (Å²) in [4.78, 5) is 8.61. The second kappa shape index (κ2) is 5.35. The largest absolute Gasteiger partial charge is 0.357 e. The number of rotatable bonds is 3. The zero-order chi connectivity index (χ0) is 13.1. The van der Waals surface area contributed by atoms with Gasteiger partial charge in [-0.1, -0.05) is 15.9 Å². The number of benzene rings is 1. The molecule has 0 aliphatic heterocycles. The van der Waals surface area contributed by atoms with Gasteiger partial charge in [-0.15, -0.1) is 0 Å². The van der Waals surface area contributed by atoms with Gasteiger partial charge in [-0.2, -0.15) is 4.98 Å². The Morgan fingerprint density at radius 3 is 2.56 bits per heavy atom. The molecule has 5 heteroatoms. The minimum atomic E-state index is 0.617. The number of aryl methyl sites for hydroxylation is 2. The third kappa shape index (κ3) is 2.98. The fourth-order valence-corrected chi connectivity index (χ4v) is 1.86. The van der Waals surface area contributed by atoms with Crippen LogP contribution < -0.4 is 10.6 Å². The van der Waals surface area contributed by atoms with E-state index < -0.39 is 0 Å². The Hall–Kier alpha value is -1.62. The molecule has 0 radical (unpaired) electrons. The van der Waals surface area contributed by atoms with E-state index in [-0.39, 0.29) is 0 Å². The molecule has 0 saturated heterocycles. The molecule has 0 spiro atoms. The van der Waals surface area contributed by atoms with Crippen LogP contribution in [0.5, 0.6) is 0 Å². The van der Waals surface area contributed by atoms with E-state index in [4.69, 9.17) is 0 Å². The highest BCUT2D eigenvalue weighted by atomic mass is 79.9. The van der Waals surface area contributed by atoms with Crippen molar-refractivity contribution in [1.29, 1.82) is 0 Å². The number of anilines is 3. The molecule has 0 saturated carbocycles. The van der Waals surface area contributed by atoms with Crippen LogP contribution in [-0.4, -0.2) is 17.0 Å². The van der Waals surface area contributed by atoms with Crippen LogP contribution in [0, 0.1) is 13.8 Å². The molecule has 0 amide bonds. The first-order chi connectivity index (χ1) is 8.58. The van der Waals surface area contributed by atoms with E-state index in [2.05, 4.69) is 49.5 Å². The first-order valence-electron chi connectivity index (χ1n) is 5.65. The molecule has 0 aliphatic rings. The van der Waals surface area contributed by atoms with Crippen LogP contribution >= 0.6 is 15.9 Å². The van der Waals surface area contributed by atoms with Gasteiger partial charge in [0.05, 0.1) is 0 Å². The van der Waals surface area contributed by atoms with Gasteiger partial charge in [-0.25, -0.2) is 4.98 Å². The van der Waals surface area contributed by atoms with E-state index in [0.717, 1.165) is 21.7 Å². The number of nitrogens with one attached hydrogen (secondary N) is 2. The van der Waals surface area contributed by atoms with Gasteiger partial charge in [0.1, 0.15) is 5.82 Å². The van der Waals surface area contributed by atoms with Crippen molar-refractivity contribution in [2.24, 2.45) is 0 Å². The first-order valence-corrected chi connectivity index (χ1v) is 6.44. The zero-order valence-electron chi connectivity index (χ0n) is 10.6. The Balaban J connectivity index is 2.27. The second-order valence-electron chi connectivity index (χ2n) is 4.06. The Kier molecular flexibility index (Phi) is 3.81. The van der Waals surface area contributed by atoms with E-state index in [1.807, 2.05) is 32.2 Å². The summed E-state index contributed by atoms with van der Waals surface area (Å²) in [6, 6.07) is 8.01. The topological polar surface area (TPSA) is 49.8 Å². The molecule has 0 atom stereocenters. The third-order valence-electron chi connectivity index (χ3n) is 2.51. The quantitative estimate of drug-likeness (QED) is 0.909. The fourth-order valence-electron chi connectivity index (χ4n) is 1.61. The molecule has 0 fully saturated rings. The zero-order valence-corrected chi connectivity index (χ0v) is 12.2. The van der Waals surface area contributed by atoms with E-state index in [0.29, 0.717) is 5.95 Å². The van der Waals surface area contributed by atoms with E-state index in [1.54, 1.807) is 0 Å². The number of aromatic nitrogens is 2. The number of halogens is 1. The Morgan fingerprint density at radius 2 is 1.89 bits per heavy atom. The minimum absolute atomic E-state index is 0.617. The van der Waals surface area contributed by atoms with Crippen molar-refractivity contribution in [3.8, 4) is 0 Å². The van der Waals surface area contributed by atoms with Crippen LogP contribution in [0.2, 0.25) is 0 Å². The van der Waals surface area contributed by atoms with Crippen LogP contribution in [0.15, 0.2) is 28.7 Å². The van der Waals surface area contributed by atoms with Crippen LogP contribution in [0.1, 0.15) is 11.3 Å². The van der Waals surface area contributed by atoms with E-state index in [1.165, 1.54) is 5.56 Å². The summed E-state index contributed by atoms with van der Waals surface area (Å²) in [5, 5.41) is 6.22. The molecular weight excluding hydrogens is 292 g/mol. The maximum atomic E-state index is 4.35. The van der Waals surface area contributed by atoms with Crippen molar-refractivity contribution in [3.63, 3.8) is 0 Å². The lowest BCUT2D eigenvalue weighted by Crippen LogP contribution is -2.02. The molecule has 0 aliphatic carbocycles. The van der Waals surface area contributed by atoms with Gasteiger partial charge in [0.2, 0.25) is 5.95 Å². The summed E-state index contributed by atoms with van der Waals surface area (Å²) in [6.07, 6.45) is 0. The third-order valence-corrected chi connectivity index (χ3v) is 3.40. The highest BCUT2D eigenvalue weighted by Gasteiger charge is 2.02. The number of hydrogen-bond donors (Lipinski definition) is 2. The van der Waals surface area contributed by atoms with Crippen molar-refractivity contribution in [3.05, 3.63) is 40.0 Å². The van der Waals surface area contributed by atoms with Gasteiger partial charge in [0.25, 0.3) is 0 Å². The molecule has 0 bridgehead atoms. The van der Waals surface area contributed by atoms with Gasteiger partial charge in [0, 0.05) is 29.0 Å². The van der Waals surface area contributed by atoms with Gasteiger partial charge < -0.3 is 10.6 Å². The van der Waals surface area contributed by atoms with Crippen molar-refractivity contribution in [2.45, 2.75) is 13.8 Å². The van der Waals surface area contributed by atoms with E-state index >= 15 is 0 Å². The molecule has 2 rings (SSSR count). The monoisotopic (exact) mass is 306 g/mol. The lowest BCUT2D eigenvalue weighted by molar-refractivity contribution is 1.10. The summed E-state index contributed by atoms with van der Waals surface area (Å²) >= 11 is 3.49.